The summed E-state index contributed by atoms with van der Waals surface area (Å²) in [5.41, 5.74) is 1.61. The molecule has 0 spiro atoms. The Morgan fingerprint density at radius 2 is 1.76 bits per heavy atom. The highest BCUT2D eigenvalue weighted by Gasteiger charge is 2.35. The van der Waals surface area contributed by atoms with Gasteiger partial charge in [-0.2, -0.15) is 9.41 Å². The number of carbonyl (C=O) groups is 2. The van der Waals surface area contributed by atoms with Crippen molar-refractivity contribution in [2.75, 3.05) is 19.7 Å². The number of sulfonamides is 1. The number of carbonyl (C=O) groups excluding carboxylic acids is 2. The second kappa shape index (κ2) is 11.3. The van der Waals surface area contributed by atoms with Gasteiger partial charge in [-0.3, -0.25) is 4.79 Å². The molecule has 37 heavy (non-hydrogen) atoms. The number of rotatable bonds is 9. The number of furan rings is 1. The molecule has 0 saturated heterocycles. The summed E-state index contributed by atoms with van der Waals surface area (Å²) in [4.78, 5) is 25.7. The molecule has 11 heteroatoms. The molecular formula is C26H26ClN3O6S. The molecule has 0 aliphatic carbocycles. The first kappa shape index (κ1) is 26.6. The van der Waals surface area contributed by atoms with Gasteiger partial charge in [-0.15, -0.1) is 0 Å². The van der Waals surface area contributed by atoms with Gasteiger partial charge in [0.25, 0.3) is 5.91 Å². The summed E-state index contributed by atoms with van der Waals surface area (Å²) in [5, 5.41) is 6.33. The monoisotopic (exact) mass is 543 g/mol. The van der Waals surface area contributed by atoms with Crippen LogP contribution in [0.3, 0.4) is 0 Å². The lowest BCUT2D eigenvalue weighted by molar-refractivity contribution is -0.136. The van der Waals surface area contributed by atoms with E-state index in [1.165, 1.54) is 39.8 Å². The van der Waals surface area contributed by atoms with Gasteiger partial charge in [0.15, 0.2) is 6.61 Å². The van der Waals surface area contributed by atoms with Gasteiger partial charge in [-0.25, -0.2) is 18.2 Å². The quantitative estimate of drug-likeness (QED) is 0.368. The summed E-state index contributed by atoms with van der Waals surface area (Å²) in [6, 6.07) is 15.5. The second-order valence-electron chi connectivity index (χ2n) is 8.22. The van der Waals surface area contributed by atoms with E-state index < -0.39 is 34.5 Å². The highest BCUT2D eigenvalue weighted by atomic mass is 35.5. The molecule has 194 valence electrons. The Balaban J connectivity index is 1.46. The molecule has 0 N–H and O–H groups in total. The fraction of sp³-hybridized carbons (Fsp3) is 0.269. The number of nitrogens with zero attached hydrogens (tertiary/aromatic N) is 3. The van der Waals surface area contributed by atoms with Crippen molar-refractivity contribution in [1.82, 2.24) is 9.31 Å². The fourth-order valence-corrected chi connectivity index (χ4v) is 5.60. The summed E-state index contributed by atoms with van der Waals surface area (Å²) < 4.78 is 37.4. The van der Waals surface area contributed by atoms with Crippen molar-refractivity contribution in [1.29, 1.82) is 0 Å². The summed E-state index contributed by atoms with van der Waals surface area (Å²) in [5.74, 6) is -0.729. The van der Waals surface area contributed by atoms with E-state index in [9.17, 15) is 18.0 Å². The molecule has 1 aromatic heterocycles. The second-order valence-corrected chi connectivity index (χ2v) is 10.6. The Kier molecular flexibility index (Phi) is 8.11. The van der Waals surface area contributed by atoms with Crippen molar-refractivity contribution in [3.05, 3.63) is 88.8 Å². The third-order valence-corrected chi connectivity index (χ3v) is 8.29. The van der Waals surface area contributed by atoms with Crippen LogP contribution in [0.4, 0.5) is 0 Å². The average molecular weight is 544 g/mol. The van der Waals surface area contributed by atoms with Crippen molar-refractivity contribution >= 4 is 39.2 Å². The molecule has 1 aliphatic rings. The van der Waals surface area contributed by atoms with Crippen molar-refractivity contribution in [2.24, 2.45) is 5.10 Å². The van der Waals surface area contributed by atoms with Crippen LogP contribution in [-0.2, 0) is 19.6 Å². The molecule has 0 saturated carbocycles. The molecule has 4 rings (SSSR count). The van der Waals surface area contributed by atoms with Crippen molar-refractivity contribution < 1.29 is 27.2 Å². The highest BCUT2D eigenvalue weighted by molar-refractivity contribution is 7.89. The normalized spacial score (nSPS) is 15.6. The number of benzene rings is 2. The van der Waals surface area contributed by atoms with E-state index in [1.54, 1.807) is 38.1 Å². The number of hydrogen-bond donors (Lipinski definition) is 0. The zero-order valence-electron chi connectivity index (χ0n) is 20.3. The molecule has 2 heterocycles. The van der Waals surface area contributed by atoms with Crippen LogP contribution in [0.5, 0.6) is 0 Å². The number of amides is 1. The Bertz CT molecular complexity index is 1380. The van der Waals surface area contributed by atoms with Crippen LogP contribution in [0, 0.1) is 0 Å². The first-order chi connectivity index (χ1) is 17.7. The van der Waals surface area contributed by atoms with E-state index in [1.807, 2.05) is 12.1 Å². The van der Waals surface area contributed by atoms with Gasteiger partial charge in [0.05, 0.1) is 22.4 Å². The lowest BCUT2D eigenvalue weighted by atomic mass is 10.0. The number of esters is 1. The number of ether oxygens (including phenoxy) is 1. The predicted octanol–water partition coefficient (Wildman–Crippen LogP) is 4.50. The molecule has 0 radical (unpaired) electrons. The van der Waals surface area contributed by atoms with E-state index in [0.717, 1.165) is 5.56 Å². The molecule has 1 amide bonds. The average Bonchev–Trinajstić information content (AvgIpc) is 3.59. The smallest absolute Gasteiger partial charge is 0.338 e. The SMILES string of the molecule is CCN(CC)S(=O)(=O)c1ccc(C(=O)OCC(=O)N2N=C(c3ccc(Cl)cc3)C[C@H]2c2ccco2)cc1. The van der Waals surface area contributed by atoms with E-state index >= 15 is 0 Å². The number of hydrazone groups is 1. The van der Waals surface area contributed by atoms with Crippen molar-refractivity contribution in [3.63, 3.8) is 0 Å². The van der Waals surface area contributed by atoms with E-state index in [4.69, 9.17) is 20.8 Å². The minimum atomic E-state index is -3.65. The maximum atomic E-state index is 13.0. The van der Waals surface area contributed by atoms with Gasteiger partial charge < -0.3 is 9.15 Å². The third-order valence-electron chi connectivity index (χ3n) is 5.97. The molecule has 3 aromatic rings. The van der Waals surface area contributed by atoms with Gasteiger partial charge in [0.2, 0.25) is 10.0 Å². The Labute approximate surface area is 220 Å². The molecule has 9 nitrogen and oxygen atoms in total. The van der Waals surface area contributed by atoms with Gasteiger partial charge in [0, 0.05) is 24.5 Å². The summed E-state index contributed by atoms with van der Waals surface area (Å²) in [6.45, 7) is 3.63. The number of hydrogen-bond acceptors (Lipinski definition) is 7. The van der Waals surface area contributed by atoms with Gasteiger partial charge in [-0.05, 0) is 54.1 Å². The first-order valence-corrected chi connectivity index (χ1v) is 13.5. The predicted molar refractivity (Wildman–Crippen MR) is 138 cm³/mol. The first-order valence-electron chi connectivity index (χ1n) is 11.7. The van der Waals surface area contributed by atoms with Gasteiger partial charge >= 0.3 is 5.97 Å². The molecule has 1 atom stereocenters. The van der Waals surface area contributed by atoms with E-state index in [0.29, 0.717) is 36.0 Å². The standard InChI is InChI=1S/C26H26ClN3O6S/c1-3-29(4-2)37(33,34)21-13-9-19(10-14-21)26(32)36-17-25(31)30-23(24-6-5-15-35-24)16-22(28-30)18-7-11-20(27)12-8-18/h5-15,23H,3-4,16-17H2,1-2H3/t23-/m0/s1. The zero-order chi connectivity index (χ0) is 26.6. The van der Waals surface area contributed by atoms with Crippen LogP contribution in [0.15, 0.2) is 81.3 Å². The molecule has 2 aromatic carbocycles. The maximum Gasteiger partial charge on any atom is 0.338 e. The maximum absolute atomic E-state index is 13.0. The largest absolute Gasteiger partial charge is 0.467 e. The minimum absolute atomic E-state index is 0.0752. The highest BCUT2D eigenvalue weighted by Crippen LogP contribution is 2.33. The fourth-order valence-electron chi connectivity index (χ4n) is 4.01. The number of halogens is 1. The zero-order valence-corrected chi connectivity index (χ0v) is 21.9. The summed E-state index contributed by atoms with van der Waals surface area (Å²) >= 11 is 5.99. The van der Waals surface area contributed by atoms with Crippen LogP contribution in [0.25, 0.3) is 0 Å². The van der Waals surface area contributed by atoms with Crippen LogP contribution in [-0.4, -0.2) is 55.0 Å². The van der Waals surface area contributed by atoms with Crippen molar-refractivity contribution in [2.45, 2.75) is 31.2 Å². The summed E-state index contributed by atoms with van der Waals surface area (Å²) in [6.07, 6.45) is 1.93. The lowest BCUT2D eigenvalue weighted by Gasteiger charge is -2.20. The Hall–Kier alpha value is -3.47. The van der Waals surface area contributed by atoms with Gasteiger partial charge in [-0.1, -0.05) is 37.6 Å². The molecule has 0 bridgehead atoms. The Morgan fingerprint density at radius 1 is 1.08 bits per heavy atom. The van der Waals surface area contributed by atoms with Crippen LogP contribution >= 0.6 is 11.6 Å². The topological polar surface area (TPSA) is 109 Å². The minimum Gasteiger partial charge on any atom is -0.467 e. The third kappa shape index (κ3) is 5.76. The molecule has 0 unspecified atom stereocenters. The van der Waals surface area contributed by atoms with Crippen molar-refractivity contribution in [3.8, 4) is 0 Å². The van der Waals surface area contributed by atoms with Crippen LogP contribution < -0.4 is 0 Å². The van der Waals surface area contributed by atoms with Gasteiger partial charge in [0.1, 0.15) is 11.8 Å². The van der Waals surface area contributed by atoms with E-state index in [-0.39, 0.29) is 10.5 Å². The lowest BCUT2D eigenvalue weighted by Crippen LogP contribution is -2.31. The van der Waals surface area contributed by atoms with E-state index in [2.05, 4.69) is 5.10 Å². The summed E-state index contributed by atoms with van der Waals surface area (Å²) in [7, 11) is -3.65. The van der Waals surface area contributed by atoms with Crippen LogP contribution in [0.1, 0.15) is 48.0 Å². The Morgan fingerprint density at radius 3 is 2.35 bits per heavy atom. The molecular weight excluding hydrogens is 518 g/mol. The van der Waals surface area contributed by atoms with Crippen LogP contribution in [0.2, 0.25) is 5.02 Å². The molecule has 1 aliphatic heterocycles. The molecule has 0 fully saturated rings.